The largest absolute Gasteiger partial charge is 0.467 e. The SMILES string of the molecule is COC(=O)C1(/C=C/c2ccccc2)OC1c1ccc([N+](=O)[O-])cc1. The van der Waals surface area contributed by atoms with Crippen molar-refractivity contribution in [1.29, 1.82) is 0 Å². The highest BCUT2D eigenvalue weighted by molar-refractivity contribution is 5.87. The lowest BCUT2D eigenvalue weighted by Crippen LogP contribution is -2.24. The molecule has 24 heavy (non-hydrogen) atoms. The van der Waals surface area contributed by atoms with Crippen LogP contribution in [0.4, 0.5) is 5.69 Å². The van der Waals surface area contributed by atoms with E-state index in [2.05, 4.69) is 0 Å². The fourth-order valence-electron chi connectivity index (χ4n) is 2.54. The third kappa shape index (κ3) is 2.91. The van der Waals surface area contributed by atoms with Crippen LogP contribution < -0.4 is 0 Å². The molecular formula is C18H15NO5. The summed E-state index contributed by atoms with van der Waals surface area (Å²) in [5, 5.41) is 10.7. The van der Waals surface area contributed by atoms with Gasteiger partial charge in [-0.05, 0) is 29.3 Å². The van der Waals surface area contributed by atoms with Gasteiger partial charge in [-0.15, -0.1) is 0 Å². The number of ether oxygens (including phenoxy) is 2. The van der Waals surface area contributed by atoms with Gasteiger partial charge in [0.25, 0.3) is 5.69 Å². The molecule has 3 rings (SSSR count). The number of nitro groups is 1. The third-order valence-corrected chi connectivity index (χ3v) is 3.88. The number of hydrogen-bond acceptors (Lipinski definition) is 5. The van der Waals surface area contributed by atoms with Gasteiger partial charge in [-0.2, -0.15) is 0 Å². The molecule has 0 spiro atoms. The topological polar surface area (TPSA) is 82.0 Å². The normalized spacial score (nSPS) is 22.3. The van der Waals surface area contributed by atoms with Crippen LogP contribution in [0.3, 0.4) is 0 Å². The number of epoxide rings is 1. The molecule has 0 aromatic heterocycles. The Morgan fingerprint density at radius 3 is 2.46 bits per heavy atom. The summed E-state index contributed by atoms with van der Waals surface area (Å²) in [4.78, 5) is 22.4. The second kappa shape index (κ2) is 6.25. The minimum atomic E-state index is -1.19. The number of rotatable bonds is 5. The molecule has 2 aromatic rings. The number of hydrogen-bond donors (Lipinski definition) is 0. The van der Waals surface area contributed by atoms with Gasteiger partial charge in [-0.25, -0.2) is 4.79 Å². The molecule has 1 heterocycles. The first-order chi connectivity index (χ1) is 11.6. The number of non-ortho nitro benzene ring substituents is 1. The van der Waals surface area contributed by atoms with E-state index in [1.54, 1.807) is 24.3 Å². The molecule has 1 fully saturated rings. The number of benzene rings is 2. The standard InChI is InChI=1S/C18H15NO5/c1-23-17(20)18(12-11-13-5-3-2-4-6-13)16(24-18)14-7-9-15(10-8-14)19(21)22/h2-12,16H,1H3/b12-11+. The van der Waals surface area contributed by atoms with Crippen molar-refractivity contribution in [2.24, 2.45) is 0 Å². The van der Waals surface area contributed by atoms with Gasteiger partial charge >= 0.3 is 5.97 Å². The molecule has 2 aromatic carbocycles. The van der Waals surface area contributed by atoms with Crippen molar-refractivity contribution in [1.82, 2.24) is 0 Å². The molecular weight excluding hydrogens is 310 g/mol. The van der Waals surface area contributed by atoms with Crippen LogP contribution in [0.25, 0.3) is 6.08 Å². The highest BCUT2D eigenvalue weighted by Crippen LogP contribution is 2.52. The summed E-state index contributed by atoms with van der Waals surface area (Å²) in [7, 11) is 1.30. The van der Waals surface area contributed by atoms with Crippen molar-refractivity contribution in [2.75, 3.05) is 7.11 Å². The Labute approximate surface area is 138 Å². The summed E-state index contributed by atoms with van der Waals surface area (Å²) in [5.74, 6) is -0.502. The smallest absolute Gasteiger partial charge is 0.345 e. The van der Waals surface area contributed by atoms with Crippen molar-refractivity contribution in [3.05, 3.63) is 81.9 Å². The van der Waals surface area contributed by atoms with Crippen LogP contribution in [-0.4, -0.2) is 23.6 Å². The summed E-state index contributed by atoms with van der Waals surface area (Å²) in [6, 6.07) is 15.5. The van der Waals surface area contributed by atoms with E-state index in [0.717, 1.165) is 5.56 Å². The maximum atomic E-state index is 12.2. The maximum absolute atomic E-state index is 12.2. The van der Waals surface area contributed by atoms with Crippen LogP contribution in [0.1, 0.15) is 17.2 Å². The zero-order valence-corrected chi connectivity index (χ0v) is 12.9. The number of nitrogens with zero attached hydrogens (tertiary/aromatic N) is 1. The summed E-state index contributed by atoms with van der Waals surface area (Å²) < 4.78 is 10.5. The lowest BCUT2D eigenvalue weighted by Gasteiger charge is -2.06. The zero-order chi connectivity index (χ0) is 17.2. The van der Waals surface area contributed by atoms with Crippen molar-refractivity contribution in [3.8, 4) is 0 Å². The molecule has 2 atom stereocenters. The predicted octanol–water partition coefficient (Wildman–Crippen LogP) is 3.29. The first-order valence-electron chi connectivity index (χ1n) is 7.32. The Hall–Kier alpha value is -2.99. The van der Waals surface area contributed by atoms with Crippen molar-refractivity contribution < 1.29 is 19.2 Å². The molecule has 1 aliphatic heterocycles. The van der Waals surface area contributed by atoms with E-state index in [1.807, 2.05) is 30.3 Å². The van der Waals surface area contributed by atoms with Gasteiger partial charge in [0.2, 0.25) is 5.60 Å². The number of carbonyl (C=O) groups excluding carboxylic acids is 1. The first-order valence-corrected chi connectivity index (χ1v) is 7.32. The average Bonchev–Trinajstić information content (AvgIpc) is 3.36. The number of esters is 1. The second-order valence-corrected chi connectivity index (χ2v) is 5.38. The Morgan fingerprint density at radius 1 is 1.21 bits per heavy atom. The van der Waals surface area contributed by atoms with Crippen molar-refractivity contribution in [3.63, 3.8) is 0 Å². The lowest BCUT2D eigenvalue weighted by atomic mass is 9.97. The fourth-order valence-corrected chi connectivity index (χ4v) is 2.54. The van der Waals surface area contributed by atoms with Gasteiger partial charge in [-0.1, -0.05) is 36.4 Å². The van der Waals surface area contributed by atoms with Crippen molar-refractivity contribution in [2.45, 2.75) is 11.7 Å². The maximum Gasteiger partial charge on any atom is 0.345 e. The zero-order valence-electron chi connectivity index (χ0n) is 12.9. The summed E-state index contributed by atoms with van der Waals surface area (Å²) in [5.41, 5.74) is 0.408. The summed E-state index contributed by atoms with van der Waals surface area (Å²) >= 11 is 0. The van der Waals surface area contributed by atoms with Crippen LogP contribution in [0, 0.1) is 10.1 Å². The molecule has 1 aliphatic rings. The molecule has 0 aliphatic carbocycles. The van der Waals surface area contributed by atoms with Crippen LogP contribution in [0.5, 0.6) is 0 Å². The van der Waals surface area contributed by atoms with E-state index in [0.29, 0.717) is 5.56 Å². The van der Waals surface area contributed by atoms with E-state index in [9.17, 15) is 14.9 Å². The molecule has 6 heteroatoms. The lowest BCUT2D eigenvalue weighted by molar-refractivity contribution is -0.384. The van der Waals surface area contributed by atoms with Crippen LogP contribution in [0.2, 0.25) is 0 Å². The Kier molecular flexibility index (Phi) is 4.14. The fraction of sp³-hybridized carbons (Fsp3) is 0.167. The van der Waals surface area contributed by atoms with Crippen LogP contribution >= 0.6 is 0 Å². The molecule has 0 N–H and O–H groups in total. The molecule has 1 saturated heterocycles. The monoisotopic (exact) mass is 325 g/mol. The van der Waals surface area contributed by atoms with Gasteiger partial charge in [0, 0.05) is 12.1 Å². The predicted molar refractivity (Wildman–Crippen MR) is 87.1 cm³/mol. The van der Waals surface area contributed by atoms with Crippen molar-refractivity contribution >= 4 is 17.7 Å². The minimum absolute atomic E-state index is 0.0112. The van der Waals surface area contributed by atoms with Crippen LogP contribution in [-0.2, 0) is 14.3 Å². The van der Waals surface area contributed by atoms with Gasteiger partial charge < -0.3 is 9.47 Å². The quantitative estimate of drug-likeness (QED) is 0.364. The van der Waals surface area contributed by atoms with E-state index >= 15 is 0 Å². The molecule has 0 amide bonds. The van der Waals surface area contributed by atoms with E-state index in [1.165, 1.54) is 19.2 Å². The summed E-state index contributed by atoms with van der Waals surface area (Å²) in [6.45, 7) is 0. The molecule has 122 valence electrons. The Morgan fingerprint density at radius 2 is 1.88 bits per heavy atom. The van der Waals surface area contributed by atoms with Gasteiger partial charge in [0.1, 0.15) is 6.10 Å². The Bertz CT molecular complexity index is 785. The highest BCUT2D eigenvalue weighted by atomic mass is 16.7. The van der Waals surface area contributed by atoms with Gasteiger partial charge in [-0.3, -0.25) is 10.1 Å². The number of methoxy groups -OCH3 is 1. The van der Waals surface area contributed by atoms with Gasteiger partial charge in [0.05, 0.1) is 12.0 Å². The Balaban J connectivity index is 1.86. The average molecular weight is 325 g/mol. The van der Waals surface area contributed by atoms with E-state index in [4.69, 9.17) is 9.47 Å². The minimum Gasteiger partial charge on any atom is -0.467 e. The molecule has 6 nitrogen and oxygen atoms in total. The third-order valence-electron chi connectivity index (χ3n) is 3.88. The molecule has 2 unspecified atom stereocenters. The second-order valence-electron chi connectivity index (χ2n) is 5.38. The summed E-state index contributed by atoms with van der Waals surface area (Å²) in [6.07, 6.45) is 2.94. The van der Waals surface area contributed by atoms with Gasteiger partial charge in [0.15, 0.2) is 0 Å². The first kappa shape index (κ1) is 15.9. The number of nitro benzene ring substituents is 1. The van der Waals surface area contributed by atoms with E-state index in [-0.39, 0.29) is 5.69 Å². The number of carbonyl (C=O) groups is 1. The highest BCUT2D eigenvalue weighted by Gasteiger charge is 2.62. The molecule has 0 radical (unpaired) electrons. The molecule has 0 saturated carbocycles. The molecule has 0 bridgehead atoms. The van der Waals surface area contributed by atoms with Crippen LogP contribution in [0.15, 0.2) is 60.7 Å². The van der Waals surface area contributed by atoms with E-state index < -0.39 is 22.6 Å².